The highest BCUT2D eigenvalue weighted by atomic mass is 32.1. The van der Waals surface area contributed by atoms with Crippen molar-refractivity contribution in [3.05, 3.63) is 51.5 Å². The van der Waals surface area contributed by atoms with Crippen LogP contribution in [0, 0.1) is 0 Å². The topological polar surface area (TPSA) is 77.5 Å². The van der Waals surface area contributed by atoms with E-state index in [2.05, 4.69) is 17.0 Å². The van der Waals surface area contributed by atoms with Crippen molar-refractivity contribution in [2.24, 2.45) is 0 Å². The number of hydrogen-bond donors (Lipinski definition) is 0. The zero-order chi connectivity index (χ0) is 16.7. The van der Waals surface area contributed by atoms with Crippen molar-refractivity contribution in [1.82, 2.24) is 14.6 Å². The molecule has 0 bridgehead atoms. The molecule has 0 aliphatic carbocycles. The first kappa shape index (κ1) is 14.8. The van der Waals surface area contributed by atoms with Crippen molar-refractivity contribution < 1.29 is 9.21 Å². The summed E-state index contributed by atoms with van der Waals surface area (Å²) in [4.78, 5) is 29.0. The Balaban J connectivity index is 1.96. The van der Waals surface area contributed by atoms with Gasteiger partial charge >= 0.3 is 5.63 Å². The van der Waals surface area contributed by atoms with Crippen LogP contribution in [0.4, 0.5) is 0 Å². The average Bonchev–Trinajstić information content (AvgIpc) is 3.11. The van der Waals surface area contributed by atoms with Gasteiger partial charge in [0.25, 0.3) is 0 Å². The standard InChI is InChI=1S/C17H13N3O3S/c1-2-5-14-19-20-12(9-21)15(18-17(20)24-14)11-8-10-6-3-4-7-13(10)23-16(11)22/h3-4,6-9H,2,5H2,1H3. The first-order chi connectivity index (χ1) is 11.7. The smallest absolute Gasteiger partial charge is 0.345 e. The number of imidazole rings is 1. The van der Waals surface area contributed by atoms with Gasteiger partial charge in [0.2, 0.25) is 4.96 Å². The van der Waals surface area contributed by atoms with Gasteiger partial charge in [-0.3, -0.25) is 4.79 Å². The zero-order valence-corrected chi connectivity index (χ0v) is 13.7. The minimum atomic E-state index is -0.517. The molecule has 0 aliphatic heterocycles. The van der Waals surface area contributed by atoms with Crippen LogP contribution < -0.4 is 5.63 Å². The summed E-state index contributed by atoms with van der Waals surface area (Å²) in [7, 11) is 0. The number of nitrogens with zero attached hydrogens (tertiary/aromatic N) is 3. The summed E-state index contributed by atoms with van der Waals surface area (Å²) in [6, 6.07) is 8.93. The third-order valence-electron chi connectivity index (χ3n) is 3.75. The number of fused-ring (bicyclic) bond motifs is 2. The molecule has 6 nitrogen and oxygen atoms in total. The lowest BCUT2D eigenvalue weighted by atomic mass is 10.1. The molecule has 4 rings (SSSR count). The number of carbonyl (C=O) groups is 1. The fourth-order valence-corrected chi connectivity index (χ4v) is 3.65. The van der Waals surface area contributed by atoms with Crippen molar-refractivity contribution in [2.75, 3.05) is 0 Å². The van der Waals surface area contributed by atoms with Crippen LogP contribution in [0.5, 0.6) is 0 Å². The third kappa shape index (κ3) is 2.25. The van der Waals surface area contributed by atoms with Gasteiger partial charge in [0, 0.05) is 11.8 Å². The Morgan fingerprint density at radius 2 is 2.17 bits per heavy atom. The van der Waals surface area contributed by atoms with Gasteiger partial charge in [0.15, 0.2) is 6.29 Å². The van der Waals surface area contributed by atoms with Gasteiger partial charge in [-0.15, -0.1) is 0 Å². The summed E-state index contributed by atoms with van der Waals surface area (Å²) >= 11 is 1.43. The molecule has 0 atom stereocenters. The number of aromatic nitrogens is 3. The number of benzene rings is 1. The molecule has 4 aromatic rings. The van der Waals surface area contributed by atoms with E-state index in [-0.39, 0.29) is 11.3 Å². The van der Waals surface area contributed by atoms with Gasteiger partial charge in [-0.1, -0.05) is 36.5 Å². The van der Waals surface area contributed by atoms with Gasteiger partial charge in [-0.2, -0.15) is 9.61 Å². The van der Waals surface area contributed by atoms with E-state index in [1.165, 1.54) is 15.9 Å². The Kier molecular flexibility index (Phi) is 3.50. The maximum absolute atomic E-state index is 12.3. The first-order valence-electron chi connectivity index (χ1n) is 7.58. The van der Waals surface area contributed by atoms with E-state index in [0.29, 0.717) is 22.5 Å². The lowest BCUT2D eigenvalue weighted by molar-refractivity contribution is 0.111. The van der Waals surface area contributed by atoms with Gasteiger partial charge in [0.05, 0.1) is 5.56 Å². The van der Waals surface area contributed by atoms with Gasteiger partial charge in [0.1, 0.15) is 22.0 Å². The molecule has 120 valence electrons. The highest BCUT2D eigenvalue weighted by Crippen LogP contribution is 2.26. The van der Waals surface area contributed by atoms with E-state index in [4.69, 9.17) is 4.42 Å². The largest absolute Gasteiger partial charge is 0.422 e. The number of hydrogen-bond acceptors (Lipinski definition) is 6. The molecule has 3 aromatic heterocycles. The number of aldehydes is 1. The minimum absolute atomic E-state index is 0.269. The fraction of sp³-hybridized carbons (Fsp3) is 0.176. The van der Waals surface area contributed by atoms with Crippen LogP contribution in [0.2, 0.25) is 0 Å². The first-order valence-corrected chi connectivity index (χ1v) is 8.39. The number of rotatable bonds is 4. The summed E-state index contributed by atoms with van der Waals surface area (Å²) in [5.41, 5.74) is 0.836. The maximum Gasteiger partial charge on any atom is 0.345 e. The molecule has 7 heteroatoms. The second-order valence-electron chi connectivity index (χ2n) is 5.39. The molecule has 0 unspecified atom stereocenters. The summed E-state index contributed by atoms with van der Waals surface area (Å²) in [6.45, 7) is 2.07. The fourth-order valence-electron chi connectivity index (χ4n) is 2.65. The Morgan fingerprint density at radius 1 is 1.33 bits per heavy atom. The van der Waals surface area contributed by atoms with E-state index >= 15 is 0 Å². The van der Waals surface area contributed by atoms with Crippen molar-refractivity contribution in [3.8, 4) is 11.3 Å². The maximum atomic E-state index is 12.3. The Bertz CT molecular complexity index is 1120. The summed E-state index contributed by atoms with van der Waals surface area (Å²) in [6.07, 6.45) is 2.48. The van der Waals surface area contributed by atoms with E-state index in [1.807, 2.05) is 12.1 Å². The summed E-state index contributed by atoms with van der Waals surface area (Å²) in [5.74, 6) is 0. The third-order valence-corrected chi connectivity index (χ3v) is 4.72. The molecule has 24 heavy (non-hydrogen) atoms. The Labute approximate surface area is 140 Å². The number of para-hydroxylation sites is 1. The van der Waals surface area contributed by atoms with Crippen LogP contribution in [0.3, 0.4) is 0 Å². The van der Waals surface area contributed by atoms with Crippen LogP contribution in [-0.4, -0.2) is 20.9 Å². The molecular formula is C17H13N3O3S. The van der Waals surface area contributed by atoms with E-state index in [0.717, 1.165) is 23.2 Å². The molecule has 0 fully saturated rings. The van der Waals surface area contributed by atoms with Gasteiger partial charge in [-0.25, -0.2) is 9.78 Å². The van der Waals surface area contributed by atoms with Gasteiger partial charge in [-0.05, 0) is 18.6 Å². The molecule has 0 radical (unpaired) electrons. The summed E-state index contributed by atoms with van der Waals surface area (Å²) in [5, 5.41) is 6.11. The van der Waals surface area contributed by atoms with Crippen LogP contribution in [0.25, 0.3) is 27.2 Å². The zero-order valence-electron chi connectivity index (χ0n) is 12.9. The van der Waals surface area contributed by atoms with Crippen molar-refractivity contribution in [2.45, 2.75) is 19.8 Å². The molecule has 0 saturated carbocycles. The second kappa shape index (κ2) is 5.68. The highest BCUT2D eigenvalue weighted by Gasteiger charge is 2.20. The van der Waals surface area contributed by atoms with Crippen molar-refractivity contribution >= 4 is 33.6 Å². The monoisotopic (exact) mass is 339 g/mol. The van der Waals surface area contributed by atoms with Crippen LogP contribution in [0.1, 0.15) is 28.8 Å². The molecular weight excluding hydrogens is 326 g/mol. The molecule has 0 aliphatic rings. The lowest BCUT2D eigenvalue weighted by Gasteiger charge is -2.00. The Morgan fingerprint density at radius 3 is 2.96 bits per heavy atom. The quantitative estimate of drug-likeness (QED) is 0.421. The Hall–Kier alpha value is -2.80. The SMILES string of the molecule is CCCc1nn2c(C=O)c(-c3cc4ccccc4oc3=O)nc2s1. The summed E-state index contributed by atoms with van der Waals surface area (Å²) < 4.78 is 6.85. The van der Waals surface area contributed by atoms with Crippen LogP contribution in [-0.2, 0) is 6.42 Å². The molecule has 0 saturated heterocycles. The van der Waals surface area contributed by atoms with Crippen LogP contribution >= 0.6 is 11.3 Å². The number of carbonyl (C=O) groups excluding carboxylic acids is 1. The molecule has 3 heterocycles. The average molecular weight is 339 g/mol. The number of aryl methyl sites for hydroxylation is 1. The highest BCUT2D eigenvalue weighted by molar-refractivity contribution is 7.16. The lowest BCUT2D eigenvalue weighted by Crippen LogP contribution is -2.05. The van der Waals surface area contributed by atoms with Crippen molar-refractivity contribution in [1.29, 1.82) is 0 Å². The van der Waals surface area contributed by atoms with E-state index < -0.39 is 5.63 Å². The molecule has 0 N–H and O–H groups in total. The minimum Gasteiger partial charge on any atom is -0.422 e. The molecule has 0 spiro atoms. The van der Waals surface area contributed by atoms with Crippen molar-refractivity contribution in [3.63, 3.8) is 0 Å². The van der Waals surface area contributed by atoms with E-state index in [1.54, 1.807) is 18.2 Å². The molecule has 1 aromatic carbocycles. The van der Waals surface area contributed by atoms with Gasteiger partial charge < -0.3 is 4.42 Å². The van der Waals surface area contributed by atoms with Crippen LogP contribution in [0.15, 0.2) is 39.5 Å². The van der Waals surface area contributed by atoms with E-state index in [9.17, 15) is 9.59 Å². The molecule has 0 amide bonds. The predicted octanol–water partition coefficient (Wildman–Crippen LogP) is 3.33. The normalized spacial score (nSPS) is 11.4. The second-order valence-corrected chi connectivity index (χ2v) is 6.43. The predicted molar refractivity (Wildman–Crippen MR) is 91.7 cm³/mol.